The lowest BCUT2D eigenvalue weighted by Gasteiger charge is -2.48. The Balaban J connectivity index is 1.51. The topological polar surface area (TPSA) is 46.0 Å². The lowest BCUT2D eigenvalue weighted by molar-refractivity contribution is 0.0561. The van der Waals surface area contributed by atoms with Crippen molar-refractivity contribution < 1.29 is 0 Å². The number of rotatable bonds is 7. The average molecular weight is 338 g/mol. The molecule has 23 heavy (non-hydrogen) atoms. The lowest BCUT2D eigenvalue weighted by atomic mass is 9.79. The molecule has 1 aromatic rings. The van der Waals surface area contributed by atoms with Crippen molar-refractivity contribution >= 4 is 11.8 Å². The van der Waals surface area contributed by atoms with E-state index in [1.165, 1.54) is 56.7 Å². The molecule has 1 aliphatic carbocycles. The van der Waals surface area contributed by atoms with Crippen LogP contribution < -0.4 is 5.32 Å². The molecule has 1 saturated carbocycles. The van der Waals surface area contributed by atoms with Crippen LogP contribution in [-0.2, 0) is 6.54 Å². The fourth-order valence-electron chi connectivity index (χ4n) is 3.99. The lowest BCUT2D eigenvalue weighted by Crippen LogP contribution is -2.59. The summed E-state index contributed by atoms with van der Waals surface area (Å²) in [5.74, 6) is 2.62. The molecule has 2 aliphatic rings. The third-order valence-corrected chi connectivity index (χ3v) is 6.45. The molecule has 0 amide bonds. The summed E-state index contributed by atoms with van der Waals surface area (Å²) >= 11 is 2.11. The highest BCUT2D eigenvalue weighted by Crippen LogP contribution is 2.35. The standard InChI is InChI=1S/C17H31N5S/c1-16(5-8-22-15-18-14-20-22)19-13-17(6-3-2-4-7-17)21-9-11-23-12-10-21/h14-16,19H,2-13H2,1H3/t16-/m1/s1. The SMILES string of the molecule is C[C@H](CCn1cncn1)NCC1(N2CCSCC2)CCCCC1. The van der Waals surface area contributed by atoms with E-state index in [0.717, 1.165) is 19.5 Å². The predicted molar refractivity (Wildman–Crippen MR) is 96.8 cm³/mol. The summed E-state index contributed by atoms with van der Waals surface area (Å²) in [4.78, 5) is 6.82. The number of nitrogens with zero attached hydrogens (tertiary/aromatic N) is 4. The molecule has 0 spiro atoms. The van der Waals surface area contributed by atoms with Gasteiger partial charge in [0.1, 0.15) is 12.7 Å². The van der Waals surface area contributed by atoms with Gasteiger partial charge in [0.15, 0.2) is 0 Å². The van der Waals surface area contributed by atoms with Crippen molar-refractivity contribution in [3.8, 4) is 0 Å². The van der Waals surface area contributed by atoms with E-state index in [2.05, 4.69) is 39.0 Å². The molecule has 0 unspecified atom stereocenters. The van der Waals surface area contributed by atoms with Crippen molar-refractivity contribution in [2.45, 2.75) is 63.6 Å². The van der Waals surface area contributed by atoms with Crippen molar-refractivity contribution in [2.24, 2.45) is 0 Å². The van der Waals surface area contributed by atoms with Gasteiger partial charge >= 0.3 is 0 Å². The molecular formula is C17H31N5S. The van der Waals surface area contributed by atoms with Crippen molar-refractivity contribution in [1.82, 2.24) is 25.0 Å². The third kappa shape index (κ3) is 4.70. The van der Waals surface area contributed by atoms with Crippen molar-refractivity contribution in [1.29, 1.82) is 0 Å². The number of aromatic nitrogens is 3. The first-order valence-electron chi connectivity index (χ1n) is 9.17. The van der Waals surface area contributed by atoms with Crippen LogP contribution >= 0.6 is 11.8 Å². The second-order valence-electron chi connectivity index (χ2n) is 7.11. The van der Waals surface area contributed by atoms with Crippen molar-refractivity contribution in [3.63, 3.8) is 0 Å². The monoisotopic (exact) mass is 337 g/mol. The fraction of sp³-hybridized carbons (Fsp3) is 0.882. The highest BCUT2D eigenvalue weighted by atomic mass is 32.2. The Morgan fingerprint density at radius 3 is 2.70 bits per heavy atom. The predicted octanol–water partition coefficient (Wildman–Crippen LogP) is 2.40. The van der Waals surface area contributed by atoms with Gasteiger partial charge in [0.25, 0.3) is 0 Å². The van der Waals surface area contributed by atoms with E-state index >= 15 is 0 Å². The number of hydrogen-bond acceptors (Lipinski definition) is 5. The molecule has 0 aromatic carbocycles. The molecule has 0 bridgehead atoms. The molecule has 2 heterocycles. The van der Waals surface area contributed by atoms with Crippen LogP contribution in [0.15, 0.2) is 12.7 Å². The van der Waals surface area contributed by atoms with Gasteiger partial charge in [-0.1, -0.05) is 19.3 Å². The Morgan fingerprint density at radius 1 is 1.22 bits per heavy atom. The van der Waals surface area contributed by atoms with E-state index in [1.807, 2.05) is 4.68 Å². The fourth-order valence-corrected chi connectivity index (χ4v) is 4.90. The van der Waals surface area contributed by atoms with Crippen LogP contribution in [0.25, 0.3) is 0 Å². The highest BCUT2D eigenvalue weighted by molar-refractivity contribution is 7.99. The minimum atomic E-state index is 0.417. The van der Waals surface area contributed by atoms with E-state index in [0.29, 0.717) is 11.6 Å². The van der Waals surface area contributed by atoms with Gasteiger partial charge in [-0.2, -0.15) is 16.9 Å². The summed E-state index contributed by atoms with van der Waals surface area (Å²) in [6.45, 7) is 6.95. The quantitative estimate of drug-likeness (QED) is 0.828. The van der Waals surface area contributed by atoms with Gasteiger partial charge in [0.05, 0.1) is 0 Å². The van der Waals surface area contributed by atoms with Crippen LogP contribution in [-0.4, -0.2) is 62.4 Å². The van der Waals surface area contributed by atoms with E-state index in [9.17, 15) is 0 Å². The zero-order valence-corrected chi connectivity index (χ0v) is 15.2. The Kier molecular flexibility index (Phi) is 6.36. The molecule has 5 nitrogen and oxygen atoms in total. The number of aryl methyl sites for hydroxylation is 1. The number of thioether (sulfide) groups is 1. The van der Waals surface area contributed by atoms with Crippen LogP contribution in [0.5, 0.6) is 0 Å². The van der Waals surface area contributed by atoms with E-state index in [-0.39, 0.29) is 0 Å². The third-order valence-electron chi connectivity index (χ3n) is 5.50. The van der Waals surface area contributed by atoms with Crippen LogP contribution in [0.4, 0.5) is 0 Å². The Hall–Kier alpha value is -0.590. The van der Waals surface area contributed by atoms with E-state index in [1.54, 1.807) is 12.7 Å². The second kappa shape index (κ2) is 8.49. The summed E-state index contributed by atoms with van der Waals surface area (Å²) < 4.78 is 1.93. The summed E-state index contributed by atoms with van der Waals surface area (Å²) in [6, 6.07) is 0.525. The smallest absolute Gasteiger partial charge is 0.137 e. The van der Waals surface area contributed by atoms with Crippen LogP contribution in [0.2, 0.25) is 0 Å². The molecule has 1 aliphatic heterocycles. The molecule has 6 heteroatoms. The number of hydrogen-bond donors (Lipinski definition) is 1. The van der Waals surface area contributed by atoms with Crippen LogP contribution in [0, 0.1) is 0 Å². The molecular weight excluding hydrogens is 306 g/mol. The van der Waals surface area contributed by atoms with Crippen molar-refractivity contribution in [3.05, 3.63) is 12.7 Å². The molecule has 1 N–H and O–H groups in total. The van der Waals surface area contributed by atoms with Crippen molar-refractivity contribution in [2.75, 3.05) is 31.1 Å². The molecule has 1 saturated heterocycles. The Labute approximate surface area is 144 Å². The number of nitrogens with one attached hydrogen (secondary N) is 1. The van der Waals surface area contributed by atoms with Crippen LogP contribution in [0.1, 0.15) is 45.4 Å². The minimum Gasteiger partial charge on any atom is -0.312 e. The molecule has 0 radical (unpaired) electrons. The molecule has 1 aromatic heterocycles. The largest absolute Gasteiger partial charge is 0.312 e. The summed E-state index contributed by atoms with van der Waals surface area (Å²) in [5.41, 5.74) is 0.417. The maximum Gasteiger partial charge on any atom is 0.137 e. The normalized spacial score (nSPS) is 23.7. The Bertz CT molecular complexity index is 438. The summed E-state index contributed by atoms with van der Waals surface area (Å²) in [6.07, 6.45) is 11.5. The Morgan fingerprint density at radius 2 is 2.00 bits per heavy atom. The van der Waals surface area contributed by atoms with E-state index < -0.39 is 0 Å². The maximum absolute atomic E-state index is 4.19. The zero-order chi connectivity index (χ0) is 16.0. The molecule has 130 valence electrons. The van der Waals surface area contributed by atoms with Gasteiger partial charge < -0.3 is 5.32 Å². The highest BCUT2D eigenvalue weighted by Gasteiger charge is 2.38. The maximum atomic E-state index is 4.19. The van der Waals surface area contributed by atoms with Gasteiger partial charge in [-0.05, 0) is 26.2 Å². The zero-order valence-electron chi connectivity index (χ0n) is 14.4. The van der Waals surface area contributed by atoms with Gasteiger partial charge in [-0.15, -0.1) is 0 Å². The minimum absolute atomic E-state index is 0.417. The second-order valence-corrected chi connectivity index (χ2v) is 8.34. The molecule has 3 rings (SSSR count). The first-order valence-corrected chi connectivity index (χ1v) is 10.3. The summed E-state index contributed by atoms with van der Waals surface area (Å²) in [7, 11) is 0. The van der Waals surface area contributed by atoms with Gasteiger partial charge in [0, 0.05) is 49.3 Å². The van der Waals surface area contributed by atoms with Gasteiger partial charge in [-0.3, -0.25) is 9.58 Å². The molecule has 2 fully saturated rings. The average Bonchev–Trinajstić information content (AvgIpc) is 3.13. The van der Waals surface area contributed by atoms with Gasteiger partial charge in [-0.25, -0.2) is 4.98 Å². The summed E-state index contributed by atoms with van der Waals surface area (Å²) in [5, 5.41) is 8.04. The first kappa shape index (κ1) is 17.2. The van der Waals surface area contributed by atoms with E-state index in [4.69, 9.17) is 0 Å². The molecule has 1 atom stereocenters. The van der Waals surface area contributed by atoms with Gasteiger partial charge in [0.2, 0.25) is 0 Å². The first-order chi connectivity index (χ1) is 11.3. The van der Waals surface area contributed by atoms with Crippen LogP contribution in [0.3, 0.4) is 0 Å².